The number of fused-ring (bicyclic) bond motifs is 1. The van der Waals surface area contributed by atoms with Gasteiger partial charge in [0.2, 0.25) is 0 Å². The molecule has 0 bridgehead atoms. The van der Waals surface area contributed by atoms with E-state index in [4.69, 9.17) is 10.5 Å². The molecule has 0 unspecified atom stereocenters. The third kappa shape index (κ3) is 2.98. The lowest BCUT2D eigenvalue weighted by atomic mass is 10.2. The zero-order chi connectivity index (χ0) is 17.1. The van der Waals surface area contributed by atoms with E-state index in [0.29, 0.717) is 36.3 Å². The Morgan fingerprint density at radius 3 is 2.50 bits per heavy atom. The van der Waals surface area contributed by atoms with Crippen molar-refractivity contribution in [2.45, 2.75) is 19.6 Å². The Balaban J connectivity index is 2.14. The van der Waals surface area contributed by atoms with Gasteiger partial charge in [0, 0.05) is 38.3 Å². The standard InChI is InChI=1S/C17H20N4O3/c1-24-11-10-21-16(22)14-12-13(18)4-5-15(14)20(17(21)23)9-8-19-6-2-3-7-19/h2-7,12H,8-11,18H2,1H3. The maximum Gasteiger partial charge on any atom is 0.331 e. The summed E-state index contributed by atoms with van der Waals surface area (Å²) in [6, 6.07) is 8.91. The first-order valence-corrected chi connectivity index (χ1v) is 7.74. The minimum atomic E-state index is -0.337. The van der Waals surface area contributed by atoms with Gasteiger partial charge in [-0.1, -0.05) is 0 Å². The molecule has 3 rings (SSSR count). The van der Waals surface area contributed by atoms with Gasteiger partial charge >= 0.3 is 5.69 Å². The lowest BCUT2D eigenvalue weighted by Crippen LogP contribution is -2.41. The topological polar surface area (TPSA) is 84.2 Å². The molecule has 126 valence electrons. The zero-order valence-corrected chi connectivity index (χ0v) is 13.5. The second-order valence-corrected chi connectivity index (χ2v) is 5.58. The number of hydrogen-bond donors (Lipinski definition) is 1. The first-order chi connectivity index (χ1) is 11.6. The summed E-state index contributed by atoms with van der Waals surface area (Å²) in [6.45, 7) is 1.60. The Bertz CT molecular complexity index is 954. The fraction of sp³-hybridized carbons (Fsp3) is 0.294. The Morgan fingerprint density at radius 2 is 1.79 bits per heavy atom. The molecule has 7 heteroatoms. The van der Waals surface area contributed by atoms with Gasteiger partial charge in [-0.15, -0.1) is 0 Å². The van der Waals surface area contributed by atoms with E-state index < -0.39 is 0 Å². The van der Waals surface area contributed by atoms with Crippen LogP contribution >= 0.6 is 0 Å². The number of aryl methyl sites for hydroxylation is 2. The third-order valence-electron chi connectivity index (χ3n) is 4.02. The molecule has 0 aliphatic rings. The fourth-order valence-corrected chi connectivity index (χ4v) is 2.77. The Morgan fingerprint density at radius 1 is 1.04 bits per heavy atom. The average molecular weight is 328 g/mol. The normalized spacial score (nSPS) is 11.2. The molecule has 0 atom stereocenters. The van der Waals surface area contributed by atoms with Gasteiger partial charge in [-0.05, 0) is 30.3 Å². The molecule has 0 saturated carbocycles. The first-order valence-electron chi connectivity index (χ1n) is 7.74. The van der Waals surface area contributed by atoms with Crippen LogP contribution in [0.5, 0.6) is 0 Å². The van der Waals surface area contributed by atoms with Crippen molar-refractivity contribution >= 4 is 16.6 Å². The summed E-state index contributed by atoms with van der Waals surface area (Å²) in [7, 11) is 1.54. The van der Waals surface area contributed by atoms with E-state index in [1.807, 2.05) is 29.1 Å². The molecular weight excluding hydrogens is 308 g/mol. The lowest BCUT2D eigenvalue weighted by Gasteiger charge is -2.14. The largest absolute Gasteiger partial charge is 0.399 e. The summed E-state index contributed by atoms with van der Waals surface area (Å²) in [6.07, 6.45) is 3.87. The summed E-state index contributed by atoms with van der Waals surface area (Å²) in [5.74, 6) is 0. The highest BCUT2D eigenvalue weighted by molar-refractivity contribution is 5.81. The van der Waals surface area contributed by atoms with E-state index in [-0.39, 0.29) is 17.8 Å². The van der Waals surface area contributed by atoms with Crippen molar-refractivity contribution in [2.24, 2.45) is 0 Å². The van der Waals surface area contributed by atoms with Gasteiger partial charge in [0.15, 0.2) is 0 Å². The van der Waals surface area contributed by atoms with E-state index in [9.17, 15) is 9.59 Å². The number of methoxy groups -OCH3 is 1. The minimum Gasteiger partial charge on any atom is -0.399 e. The maximum atomic E-state index is 12.8. The van der Waals surface area contributed by atoms with Crippen LogP contribution in [-0.4, -0.2) is 27.4 Å². The molecule has 0 amide bonds. The highest BCUT2D eigenvalue weighted by atomic mass is 16.5. The van der Waals surface area contributed by atoms with Gasteiger partial charge in [0.25, 0.3) is 5.56 Å². The van der Waals surface area contributed by atoms with Gasteiger partial charge in [-0.3, -0.25) is 13.9 Å². The number of ether oxygens (including phenoxy) is 1. The Kier molecular flexibility index (Phi) is 4.52. The SMILES string of the molecule is COCCn1c(=O)c2cc(N)ccc2n(CCn2cccc2)c1=O. The average Bonchev–Trinajstić information content (AvgIpc) is 3.08. The summed E-state index contributed by atoms with van der Waals surface area (Å²) < 4.78 is 9.83. The smallest absolute Gasteiger partial charge is 0.331 e. The van der Waals surface area contributed by atoms with Crippen molar-refractivity contribution in [3.8, 4) is 0 Å². The van der Waals surface area contributed by atoms with Crippen LogP contribution < -0.4 is 17.0 Å². The third-order valence-corrected chi connectivity index (χ3v) is 4.02. The predicted octanol–water partition coefficient (Wildman–Crippen LogP) is 0.893. The van der Waals surface area contributed by atoms with E-state index >= 15 is 0 Å². The van der Waals surface area contributed by atoms with Crippen LogP contribution in [0.3, 0.4) is 0 Å². The van der Waals surface area contributed by atoms with E-state index in [0.717, 1.165) is 0 Å². The number of benzene rings is 1. The van der Waals surface area contributed by atoms with Gasteiger partial charge in [0.05, 0.1) is 24.1 Å². The number of nitrogen functional groups attached to an aromatic ring is 1. The van der Waals surface area contributed by atoms with Gasteiger partial charge < -0.3 is 15.0 Å². The Labute approximate surface area is 138 Å². The summed E-state index contributed by atoms with van der Waals surface area (Å²) >= 11 is 0. The van der Waals surface area contributed by atoms with Crippen molar-refractivity contribution in [3.05, 3.63) is 63.6 Å². The van der Waals surface area contributed by atoms with Gasteiger partial charge in [0.1, 0.15) is 0 Å². The molecule has 2 heterocycles. The first kappa shape index (κ1) is 16.1. The fourth-order valence-electron chi connectivity index (χ4n) is 2.77. The van der Waals surface area contributed by atoms with Gasteiger partial charge in [-0.25, -0.2) is 4.79 Å². The van der Waals surface area contributed by atoms with Crippen LogP contribution in [0.15, 0.2) is 52.3 Å². The number of hydrogen-bond acceptors (Lipinski definition) is 4. The molecule has 7 nitrogen and oxygen atoms in total. The molecule has 0 radical (unpaired) electrons. The number of rotatable bonds is 6. The van der Waals surface area contributed by atoms with Crippen LogP contribution in [0.1, 0.15) is 0 Å². The monoisotopic (exact) mass is 328 g/mol. The highest BCUT2D eigenvalue weighted by Crippen LogP contribution is 2.13. The lowest BCUT2D eigenvalue weighted by molar-refractivity contribution is 0.184. The molecule has 3 aromatic rings. The quantitative estimate of drug-likeness (QED) is 0.681. The zero-order valence-electron chi connectivity index (χ0n) is 13.5. The van der Waals surface area contributed by atoms with Crippen LogP contribution in [0.4, 0.5) is 5.69 Å². The number of anilines is 1. The Hall–Kier alpha value is -2.80. The predicted molar refractivity (Wildman–Crippen MR) is 93.2 cm³/mol. The van der Waals surface area contributed by atoms with Crippen LogP contribution in [0.25, 0.3) is 10.9 Å². The van der Waals surface area contributed by atoms with E-state index in [2.05, 4.69) is 0 Å². The molecule has 1 aromatic carbocycles. The summed E-state index contributed by atoms with van der Waals surface area (Å²) in [5, 5.41) is 0.443. The second-order valence-electron chi connectivity index (χ2n) is 5.58. The van der Waals surface area contributed by atoms with Crippen LogP contribution in [-0.2, 0) is 24.4 Å². The summed E-state index contributed by atoms with van der Waals surface area (Å²) in [4.78, 5) is 25.4. The molecule has 0 fully saturated rings. The highest BCUT2D eigenvalue weighted by Gasteiger charge is 2.13. The van der Waals surface area contributed by atoms with E-state index in [1.165, 1.54) is 11.7 Å². The van der Waals surface area contributed by atoms with Crippen molar-refractivity contribution < 1.29 is 4.74 Å². The van der Waals surface area contributed by atoms with E-state index in [1.54, 1.807) is 22.8 Å². The maximum absolute atomic E-state index is 12.8. The molecule has 24 heavy (non-hydrogen) atoms. The molecule has 0 spiro atoms. The number of nitrogens with two attached hydrogens (primary N) is 1. The molecule has 0 aliphatic carbocycles. The molecule has 0 saturated heterocycles. The van der Waals surface area contributed by atoms with Crippen LogP contribution in [0.2, 0.25) is 0 Å². The minimum absolute atomic E-state index is 0.211. The van der Waals surface area contributed by atoms with Gasteiger partial charge in [-0.2, -0.15) is 0 Å². The van der Waals surface area contributed by atoms with Crippen LogP contribution in [0, 0.1) is 0 Å². The van der Waals surface area contributed by atoms with Crippen molar-refractivity contribution in [2.75, 3.05) is 19.5 Å². The molecule has 0 aliphatic heterocycles. The second kappa shape index (κ2) is 6.76. The number of aromatic nitrogens is 3. The van der Waals surface area contributed by atoms with Crippen molar-refractivity contribution in [1.82, 2.24) is 13.7 Å². The molecule has 2 N–H and O–H groups in total. The molecule has 2 aromatic heterocycles. The summed E-state index contributed by atoms with van der Waals surface area (Å²) in [5.41, 5.74) is 6.24. The van der Waals surface area contributed by atoms with Crippen molar-refractivity contribution in [3.63, 3.8) is 0 Å². The molecular formula is C17H20N4O3. The number of nitrogens with zero attached hydrogens (tertiary/aromatic N) is 3. The van der Waals surface area contributed by atoms with Crippen molar-refractivity contribution in [1.29, 1.82) is 0 Å².